The number of amides is 3. The van der Waals surface area contributed by atoms with Crippen LogP contribution in [0, 0.1) is 5.92 Å². The lowest BCUT2D eigenvalue weighted by Crippen LogP contribution is -2.50. The summed E-state index contributed by atoms with van der Waals surface area (Å²) in [5.41, 5.74) is 5.04. The van der Waals surface area contributed by atoms with Crippen molar-refractivity contribution in [2.75, 3.05) is 36.5 Å². The van der Waals surface area contributed by atoms with Crippen molar-refractivity contribution in [3.8, 4) is 0 Å². The molecule has 4 N–H and O–H groups in total. The van der Waals surface area contributed by atoms with Crippen molar-refractivity contribution >= 4 is 29.1 Å². The molecule has 0 unspecified atom stereocenters. The van der Waals surface area contributed by atoms with Gasteiger partial charge in [-0.1, -0.05) is 0 Å². The molecule has 3 rings (SSSR count). The Morgan fingerprint density at radius 1 is 1.32 bits per heavy atom. The minimum absolute atomic E-state index is 0.0691. The maximum absolute atomic E-state index is 13.6. The number of anilines is 2. The Labute approximate surface area is 160 Å². The molecule has 1 saturated heterocycles. The number of alkyl halides is 2. The summed E-state index contributed by atoms with van der Waals surface area (Å²) in [5, 5.41) is 5.25. The largest absolute Gasteiger partial charge is 0.370 e. The summed E-state index contributed by atoms with van der Waals surface area (Å²) in [4.78, 5) is 37.1. The highest BCUT2D eigenvalue weighted by molar-refractivity contribution is 6.09. The van der Waals surface area contributed by atoms with Crippen molar-refractivity contribution in [2.45, 2.75) is 25.3 Å². The number of nitrogens with zero attached hydrogens (tertiary/aromatic N) is 1. The summed E-state index contributed by atoms with van der Waals surface area (Å²) < 4.78 is 32.1. The predicted molar refractivity (Wildman–Crippen MR) is 96.9 cm³/mol. The van der Waals surface area contributed by atoms with Gasteiger partial charge in [-0.05, 0) is 43.5 Å². The summed E-state index contributed by atoms with van der Waals surface area (Å²) in [5.74, 6) is -1.56. The molecule has 8 nitrogen and oxygen atoms in total. The summed E-state index contributed by atoms with van der Waals surface area (Å²) in [6.45, 7) is 0.731. The van der Waals surface area contributed by atoms with Gasteiger partial charge in [0.15, 0.2) is 6.04 Å². The van der Waals surface area contributed by atoms with Crippen molar-refractivity contribution in [3.05, 3.63) is 23.8 Å². The van der Waals surface area contributed by atoms with Crippen LogP contribution in [0.5, 0.6) is 0 Å². The number of hydrogen-bond donors (Lipinski definition) is 3. The Hall–Kier alpha value is -2.59. The first-order chi connectivity index (χ1) is 13.4. The maximum atomic E-state index is 13.6. The molecule has 2 fully saturated rings. The van der Waals surface area contributed by atoms with Gasteiger partial charge in [0.05, 0.1) is 12.3 Å². The molecule has 1 heterocycles. The first-order valence-corrected chi connectivity index (χ1v) is 9.00. The topological polar surface area (TPSA) is 114 Å². The Kier molecular flexibility index (Phi) is 6.20. The number of morpholine rings is 1. The molecule has 0 spiro atoms. The second kappa shape index (κ2) is 8.61. The number of rotatable bonds is 8. The number of benzene rings is 1. The number of nitrogens with one attached hydrogen (secondary N) is 2. The van der Waals surface area contributed by atoms with Gasteiger partial charge in [0.25, 0.3) is 18.2 Å². The number of nitrogens with two attached hydrogens (primary N) is 1. The fourth-order valence-corrected chi connectivity index (χ4v) is 2.97. The number of carbonyl (C=O) groups excluding carboxylic acids is 3. The zero-order valence-corrected chi connectivity index (χ0v) is 15.1. The van der Waals surface area contributed by atoms with Gasteiger partial charge in [-0.3, -0.25) is 19.7 Å². The summed E-state index contributed by atoms with van der Waals surface area (Å²) in [6.07, 6.45) is -0.804. The monoisotopic (exact) mass is 396 g/mol. The van der Waals surface area contributed by atoms with Crippen molar-refractivity contribution in [3.63, 3.8) is 0 Å². The van der Waals surface area contributed by atoms with Gasteiger partial charge >= 0.3 is 0 Å². The van der Waals surface area contributed by atoms with Crippen LogP contribution in [0.1, 0.15) is 24.8 Å². The molecular formula is C18H22F2N4O4. The van der Waals surface area contributed by atoms with E-state index in [9.17, 15) is 23.2 Å². The zero-order valence-electron chi connectivity index (χ0n) is 15.1. The maximum Gasteiger partial charge on any atom is 0.265 e. The van der Waals surface area contributed by atoms with Crippen LogP contribution in [0.4, 0.5) is 20.2 Å². The number of carbonyl (C=O) groups is 3. The standard InChI is InChI=1S/C18H22F2N4O4/c19-16(20)12-7-11(3-4-13(12)24-5-6-28-9-14(24)25)23-18(27)15(17(21)26)22-8-10-1-2-10/h3-4,7,10,15-16,22H,1-2,5-6,8-9H2,(H2,21,26)(H,23,27)/t15-/m1/s1. The first-order valence-electron chi connectivity index (χ1n) is 9.00. The molecule has 152 valence electrons. The van der Waals surface area contributed by atoms with Crippen LogP contribution in [0.3, 0.4) is 0 Å². The van der Waals surface area contributed by atoms with E-state index in [2.05, 4.69) is 10.6 Å². The van der Waals surface area contributed by atoms with Crippen LogP contribution < -0.4 is 21.3 Å². The lowest BCUT2D eigenvalue weighted by Gasteiger charge is -2.29. The molecular weight excluding hydrogens is 374 g/mol. The molecule has 2 aliphatic rings. The Balaban J connectivity index is 1.75. The van der Waals surface area contributed by atoms with E-state index in [1.807, 2.05) is 0 Å². The minimum atomic E-state index is -2.86. The number of hydrogen-bond acceptors (Lipinski definition) is 5. The van der Waals surface area contributed by atoms with Gasteiger partial charge in [0.1, 0.15) is 6.61 Å². The first kappa shape index (κ1) is 20.2. The van der Waals surface area contributed by atoms with E-state index >= 15 is 0 Å². The molecule has 0 radical (unpaired) electrons. The smallest absolute Gasteiger partial charge is 0.265 e. The Bertz CT molecular complexity index is 770. The average Bonchev–Trinajstić information content (AvgIpc) is 3.46. The molecule has 3 amide bonds. The van der Waals surface area contributed by atoms with Crippen molar-refractivity contribution in [1.29, 1.82) is 0 Å². The Morgan fingerprint density at radius 2 is 2.07 bits per heavy atom. The van der Waals surface area contributed by atoms with Gasteiger partial charge < -0.3 is 20.7 Å². The fraction of sp³-hybridized carbons (Fsp3) is 0.500. The molecule has 28 heavy (non-hydrogen) atoms. The number of ether oxygens (including phenoxy) is 1. The second-order valence-electron chi connectivity index (χ2n) is 6.85. The van der Waals surface area contributed by atoms with Gasteiger partial charge in [0, 0.05) is 17.8 Å². The molecule has 10 heteroatoms. The molecule has 1 atom stereocenters. The summed E-state index contributed by atoms with van der Waals surface area (Å²) in [7, 11) is 0. The number of primary amides is 1. The third-order valence-electron chi connectivity index (χ3n) is 4.66. The van der Waals surface area contributed by atoms with Crippen LogP contribution in [0.15, 0.2) is 18.2 Å². The lowest BCUT2D eigenvalue weighted by atomic mass is 10.1. The average molecular weight is 396 g/mol. The van der Waals surface area contributed by atoms with Crippen LogP contribution in [0.2, 0.25) is 0 Å². The van der Waals surface area contributed by atoms with Gasteiger partial charge in [0.2, 0.25) is 5.91 Å². The molecule has 0 bridgehead atoms. The van der Waals surface area contributed by atoms with Crippen molar-refractivity contribution in [1.82, 2.24) is 5.32 Å². The van der Waals surface area contributed by atoms with E-state index in [0.29, 0.717) is 12.5 Å². The lowest BCUT2D eigenvalue weighted by molar-refractivity contribution is -0.128. The van der Waals surface area contributed by atoms with Crippen molar-refractivity contribution in [2.24, 2.45) is 11.7 Å². The van der Waals surface area contributed by atoms with Crippen LogP contribution in [-0.4, -0.2) is 50.1 Å². The van der Waals surface area contributed by atoms with Gasteiger partial charge in [-0.2, -0.15) is 0 Å². The molecule has 1 aromatic rings. The zero-order chi connectivity index (χ0) is 20.3. The summed E-state index contributed by atoms with van der Waals surface area (Å²) in [6, 6.07) is 2.59. The Morgan fingerprint density at radius 3 is 2.68 bits per heavy atom. The molecule has 0 aromatic heterocycles. The minimum Gasteiger partial charge on any atom is -0.370 e. The highest BCUT2D eigenvalue weighted by Gasteiger charge is 2.29. The molecule has 1 saturated carbocycles. The predicted octanol–water partition coefficient (Wildman–Crippen LogP) is 0.779. The van der Waals surface area contributed by atoms with E-state index in [4.69, 9.17) is 10.5 Å². The highest BCUT2D eigenvalue weighted by Crippen LogP contribution is 2.33. The number of halogens is 2. The van der Waals surface area contributed by atoms with E-state index < -0.39 is 35.8 Å². The third-order valence-corrected chi connectivity index (χ3v) is 4.66. The third kappa shape index (κ3) is 4.82. The van der Waals surface area contributed by atoms with Gasteiger partial charge in [-0.15, -0.1) is 0 Å². The van der Waals surface area contributed by atoms with E-state index in [1.165, 1.54) is 17.0 Å². The summed E-state index contributed by atoms with van der Waals surface area (Å²) >= 11 is 0. The fourth-order valence-electron chi connectivity index (χ4n) is 2.97. The molecule has 1 aliphatic carbocycles. The normalized spacial score (nSPS) is 18.2. The SMILES string of the molecule is NC(=O)[C@@H](NCC1CC1)C(=O)Nc1ccc(N2CCOCC2=O)c(C(F)F)c1. The molecule has 1 aliphatic heterocycles. The van der Waals surface area contributed by atoms with Crippen LogP contribution in [0.25, 0.3) is 0 Å². The van der Waals surface area contributed by atoms with E-state index in [-0.39, 0.29) is 31.1 Å². The van der Waals surface area contributed by atoms with Crippen LogP contribution >= 0.6 is 0 Å². The highest BCUT2D eigenvalue weighted by atomic mass is 19.3. The van der Waals surface area contributed by atoms with E-state index in [1.54, 1.807) is 0 Å². The van der Waals surface area contributed by atoms with E-state index in [0.717, 1.165) is 18.9 Å². The molecule has 1 aromatic carbocycles. The van der Waals surface area contributed by atoms with Gasteiger partial charge in [-0.25, -0.2) is 8.78 Å². The van der Waals surface area contributed by atoms with Crippen LogP contribution in [-0.2, 0) is 19.1 Å². The van der Waals surface area contributed by atoms with Crippen molar-refractivity contribution < 1.29 is 27.9 Å². The quantitative estimate of drug-likeness (QED) is 0.562. The second-order valence-corrected chi connectivity index (χ2v) is 6.85.